The van der Waals surface area contributed by atoms with Crippen LogP contribution in [0.1, 0.15) is 46.2 Å². The molecule has 4 nitrogen and oxygen atoms in total. The Morgan fingerprint density at radius 1 is 0.919 bits per heavy atom. The minimum Gasteiger partial charge on any atom is -0.486 e. The van der Waals surface area contributed by atoms with Gasteiger partial charge in [0.25, 0.3) is 0 Å². The average Bonchev–Trinajstić information content (AvgIpc) is 3.33. The fraction of sp³-hybridized carbons (Fsp3) is 0.156. The number of aromatic nitrogens is 3. The van der Waals surface area contributed by atoms with Gasteiger partial charge in [0.05, 0.1) is 13.8 Å². The summed E-state index contributed by atoms with van der Waals surface area (Å²) in [5.74, 6) is -0.921. The largest absolute Gasteiger partial charge is 0.486 e. The number of fused-ring (bicyclic) bond motifs is 3. The predicted molar refractivity (Wildman–Crippen MR) is 146 cm³/mol. The number of nitrogens with zero attached hydrogens (tertiary/aromatic N) is 3. The molecule has 0 aliphatic heterocycles. The van der Waals surface area contributed by atoms with Crippen LogP contribution in [-0.2, 0) is 20.1 Å². The van der Waals surface area contributed by atoms with Gasteiger partial charge in [-0.1, -0.05) is 55.9 Å². The molecule has 6 rings (SSSR count). The summed E-state index contributed by atoms with van der Waals surface area (Å²) in [4.78, 5) is 12.6. The Labute approximate surface area is 241 Å². The van der Waals surface area contributed by atoms with E-state index < -0.39 is 5.89 Å². The number of benzene rings is 2. The molecule has 1 radical (unpaired) electrons. The molecule has 5 heteroatoms. The summed E-state index contributed by atoms with van der Waals surface area (Å²) in [6, 6.07) is 18.2. The molecule has 0 bridgehead atoms. The first kappa shape index (κ1) is 18.6. The number of furan rings is 1. The van der Waals surface area contributed by atoms with Crippen molar-refractivity contribution in [2.24, 2.45) is 0 Å². The van der Waals surface area contributed by atoms with Crippen molar-refractivity contribution >= 4 is 22.1 Å². The van der Waals surface area contributed by atoms with Crippen molar-refractivity contribution < 1.29 is 34.1 Å². The Bertz CT molecular complexity index is 2010. The van der Waals surface area contributed by atoms with Gasteiger partial charge in [-0.2, -0.15) is 0 Å². The maximum absolute atomic E-state index is 8.08. The molecule has 187 valence electrons. The van der Waals surface area contributed by atoms with E-state index in [2.05, 4.69) is 27.1 Å². The molecule has 4 aromatic heterocycles. The fourth-order valence-corrected chi connectivity index (χ4v) is 3.60. The molecule has 0 unspecified atom stereocenters. The number of rotatable bonds is 3. The van der Waals surface area contributed by atoms with Crippen LogP contribution in [0.3, 0.4) is 0 Å². The van der Waals surface area contributed by atoms with Gasteiger partial charge in [0.2, 0.25) is 5.71 Å². The van der Waals surface area contributed by atoms with Crippen LogP contribution in [0.5, 0.6) is 0 Å². The van der Waals surface area contributed by atoms with E-state index in [-0.39, 0.29) is 62.2 Å². The van der Waals surface area contributed by atoms with Gasteiger partial charge < -0.3 is 14.4 Å². The number of aryl methyl sites for hydroxylation is 2. The third-order valence-electron chi connectivity index (χ3n) is 5.54. The predicted octanol–water partition coefficient (Wildman–Crippen LogP) is 8.13. The summed E-state index contributed by atoms with van der Waals surface area (Å²) in [5, 5.41) is 1.65. The van der Waals surface area contributed by atoms with Gasteiger partial charge in [-0.3, -0.25) is 0 Å². The molecule has 0 saturated heterocycles. The number of pyridine rings is 3. The Morgan fingerprint density at radius 3 is 2.57 bits per heavy atom. The second kappa shape index (κ2) is 11.6. The molecule has 0 aliphatic rings. The molecule has 0 N–H and O–H groups in total. The minimum absolute atomic E-state index is 0. The summed E-state index contributed by atoms with van der Waals surface area (Å²) in [6.45, 7) is 7.23. The zero-order chi connectivity index (χ0) is 31.2. The smallest absolute Gasteiger partial charge is 0.216 e. The van der Waals surface area contributed by atoms with E-state index in [0.29, 0.717) is 33.7 Å². The molecule has 0 saturated carbocycles. The number of hydrogen-bond acceptors (Lipinski definition) is 4. The zero-order valence-electron chi connectivity index (χ0n) is 27.7. The van der Waals surface area contributed by atoms with E-state index in [1.54, 1.807) is 19.9 Å². The van der Waals surface area contributed by atoms with Gasteiger partial charge in [0, 0.05) is 44.9 Å². The molecular formula is C32H27IrN3O-2. The van der Waals surface area contributed by atoms with Gasteiger partial charge in [0.15, 0.2) is 0 Å². The second-order valence-electron chi connectivity index (χ2n) is 8.50. The third-order valence-corrected chi connectivity index (χ3v) is 5.54. The van der Waals surface area contributed by atoms with Crippen LogP contribution in [0, 0.1) is 26.0 Å². The summed E-state index contributed by atoms with van der Waals surface area (Å²) < 4.78 is 61.1. The molecule has 6 aromatic rings. The van der Waals surface area contributed by atoms with E-state index >= 15 is 0 Å². The summed E-state index contributed by atoms with van der Waals surface area (Å²) in [5.41, 5.74) is 4.98. The van der Waals surface area contributed by atoms with Crippen LogP contribution in [-0.4, -0.2) is 15.0 Å². The van der Waals surface area contributed by atoms with E-state index in [0.717, 1.165) is 22.0 Å². The van der Waals surface area contributed by atoms with E-state index in [1.165, 1.54) is 6.20 Å². The van der Waals surface area contributed by atoms with Crippen molar-refractivity contribution in [3.8, 4) is 22.5 Å². The maximum atomic E-state index is 8.08. The maximum Gasteiger partial charge on any atom is 0.216 e. The minimum atomic E-state index is -0.921. The molecular weight excluding hydrogens is 635 g/mol. The van der Waals surface area contributed by atoms with Crippen LogP contribution in [0.2, 0.25) is 0 Å². The monoisotopic (exact) mass is 669 g/mol. The van der Waals surface area contributed by atoms with Crippen molar-refractivity contribution in [2.75, 3.05) is 0 Å². The quantitative estimate of drug-likeness (QED) is 0.179. The van der Waals surface area contributed by atoms with E-state index in [9.17, 15) is 0 Å². The molecule has 37 heavy (non-hydrogen) atoms. The van der Waals surface area contributed by atoms with Crippen molar-refractivity contribution in [1.82, 2.24) is 15.0 Å². The Morgan fingerprint density at radius 2 is 1.78 bits per heavy atom. The van der Waals surface area contributed by atoms with Crippen LogP contribution in [0.4, 0.5) is 0 Å². The van der Waals surface area contributed by atoms with Gasteiger partial charge in [0.1, 0.15) is 0 Å². The molecule has 0 amide bonds. The van der Waals surface area contributed by atoms with Gasteiger partial charge >= 0.3 is 0 Å². The van der Waals surface area contributed by atoms with Crippen molar-refractivity contribution in [2.45, 2.75) is 33.6 Å². The Balaban J connectivity index is 0.000000202. The first-order valence-electron chi connectivity index (χ1n) is 14.9. The van der Waals surface area contributed by atoms with E-state index in [4.69, 9.17) is 14.0 Å². The summed E-state index contributed by atoms with van der Waals surface area (Å²) in [7, 11) is 0. The molecule has 0 spiro atoms. The summed E-state index contributed by atoms with van der Waals surface area (Å²) in [6.07, 6.45) is 1.18. The molecule has 0 aliphatic carbocycles. The van der Waals surface area contributed by atoms with Crippen LogP contribution in [0.15, 0.2) is 89.5 Å². The SMILES string of the molecule is [2H]c1c(C([2H])(C)C)cnc(-c2[c-]cc(C)cc2)c1[2H].[2H]c1nc(-c2[c-]ccc3c2oc2nc(C)ccc23)c([2H])c([2H])c1[2H].[Ir]. The average molecular weight is 669 g/mol. The topological polar surface area (TPSA) is 51.8 Å². The Hall–Kier alpha value is -3.66. The first-order chi connectivity index (χ1) is 20.3. The Kier molecular flexibility index (Phi) is 5.82. The van der Waals surface area contributed by atoms with Crippen molar-refractivity contribution in [3.05, 3.63) is 114 Å². The normalized spacial score (nSPS) is 13.7. The van der Waals surface area contributed by atoms with E-state index in [1.807, 2.05) is 50.2 Å². The van der Waals surface area contributed by atoms with Crippen molar-refractivity contribution in [3.63, 3.8) is 0 Å². The fourth-order valence-electron chi connectivity index (χ4n) is 3.60. The third kappa shape index (κ3) is 5.85. The number of hydrogen-bond donors (Lipinski definition) is 0. The van der Waals surface area contributed by atoms with Crippen LogP contribution in [0.25, 0.3) is 44.6 Å². The van der Waals surface area contributed by atoms with Crippen LogP contribution < -0.4 is 0 Å². The zero-order valence-corrected chi connectivity index (χ0v) is 23.1. The van der Waals surface area contributed by atoms with Gasteiger partial charge in [-0.25, -0.2) is 4.98 Å². The van der Waals surface area contributed by atoms with Crippen LogP contribution >= 0.6 is 0 Å². The molecule has 0 atom stereocenters. The van der Waals surface area contributed by atoms with Gasteiger partial charge in [-0.15, -0.1) is 53.6 Å². The molecule has 0 fully saturated rings. The summed E-state index contributed by atoms with van der Waals surface area (Å²) >= 11 is 0. The van der Waals surface area contributed by atoms with Crippen molar-refractivity contribution in [1.29, 1.82) is 0 Å². The standard InChI is InChI=1S/C17H11N2O.C15H16N.Ir/c1-11-8-9-13-12-5-4-6-14(15-7-2-3-10-18-15)16(12)20-17(13)19-11;1-11(2)14-8-9-15(16-10-14)13-6-4-12(3)5-7-13;/h2-5,7-10H,1H3;4-6,8-11H,1-3H3;/q2*-1;/i2D,3D,7D,10D;8D,9D,11D;. The molecule has 4 heterocycles. The second-order valence-corrected chi connectivity index (χ2v) is 8.50. The molecule has 2 aromatic carbocycles. The van der Waals surface area contributed by atoms with Gasteiger partial charge in [-0.05, 0) is 47.9 Å². The first-order valence-corrected chi connectivity index (χ1v) is 11.4.